The van der Waals surface area contributed by atoms with Crippen molar-refractivity contribution >= 4 is 5.97 Å². The SMILES string of the molecule is COCCCCOc1cc(OCCN2CCOCC2)ccc1C(=O)O. The van der Waals surface area contributed by atoms with Crippen molar-refractivity contribution in [3.63, 3.8) is 0 Å². The molecule has 25 heavy (non-hydrogen) atoms. The Hall–Kier alpha value is -1.83. The first-order valence-electron chi connectivity index (χ1n) is 8.62. The van der Waals surface area contributed by atoms with Gasteiger partial charge in [0.05, 0.1) is 19.8 Å². The first-order chi connectivity index (χ1) is 12.2. The quantitative estimate of drug-likeness (QED) is 0.609. The van der Waals surface area contributed by atoms with Gasteiger partial charge in [-0.2, -0.15) is 0 Å². The van der Waals surface area contributed by atoms with Crippen LogP contribution in [0.25, 0.3) is 0 Å². The van der Waals surface area contributed by atoms with E-state index < -0.39 is 5.97 Å². The summed E-state index contributed by atoms with van der Waals surface area (Å²) in [5.41, 5.74) is 0.146. The third-order valence-corrected chi connectivity index (χ3v) is 3.96. The van der Waals surface area contributed by atoms with Gasteiger partial charge in [0.15, 0.2) is 0 Å². The molecule has 7 nitrogen and oxygen atoms in total. The Morgan fingerprint density at radius 2 is 1.92 bits per heavy atom. The molecule has 1 aromatic rings. The average molecular weight is 353 g/mol. The molecular weight excluding hydrogens is 326 g/mol. The van der Waals surface area contributed by atoms with Gasteiger partial charge in [-0.15, -0.1) is 0 Å². The zero-order chi connectivity index (χ0) is 17.9. The molecule has 1 N–H and O–H groups in total. The zero-order valence-electron chi connectivity index (χ0n) is 14.7. The number of nitrogens with zero attached hydrogens (tertiary/aromatic N) is 1. The number of carbonyl (C=O) groups is 1. The van der Waals surface area contributed by atoms with Crippen LogP contribution in [-0.2, 0) is 9.47 Å². The number of hydrogen-bond acceptors (Lipinski definition) is 6. The van der Waals surface area contributed by atoms with Crippen LogP contribution in [0.2, 0.25) is 0 Å². The van der Waals surface area contributed by atoms with E-state index >= 15 is 0 Å². The molecule has 1 aliphatic heterocycles. The lowest BCUT2D eigenvalue weighted by Gasteiger charge is -2.26. The minimum absolute atomic E-state index is 0.146. The fourth-order valence-electron chi connectivity index (χ4n) is 2.54. The molecule has 0 aliphatic carbocycles. The number of carboxylic acid groups (broad SMARTS) is 1. The van der Waals surface area contributed by atoms with Crippen molar-refractivity contribution in [3.05, 3.63) is 23.8 Å². The van der Waals surface area contributed by atoms with Crippen LogP contribution in [0.1, 0.15) is 23.2 Å². The Morgan fingerprint density at radius 3 is 2.64 bits per heavy atom. The van der Waals surface area contributed by atoms with Gasteiger partial charge in [0.2, 0.25) is 0 Å². The van der Waals surface area contributed by atoms with Crippen LogP contribution in [-0.4, -0.2) is 75.8 Å². The number of ether oxygens (including phenoxy) is 4. The Bertz CT molecular complexity index is 530. The molecule has 0 unspecified atom stereocenters. The lowest BCUT2D eigenvalue weighted by Crippen LogP contribution is -2.38. The molecule has 0 amide bonds. The summed E-state index contributed by atoms with van der Waals surface area (Å²) in [5.74, 6) is -0.0503. The normalized spacial score (nSPS) is 15.1. The van der Waals surface area contributed by atoms with E-state index in [0.717, 1.165) is 45.7 Å². The largest absolute Gasteiger partial charge is 0.493 e. The van der Waals surface area contributed by atoms with Crippen LogP contribution in [0, 0.1) is 0 Å². The molecule has 7 heteroatoms. The van der Waals surface area contributed by atoms with Crippen molar-refractivity contribution in [2.24, 2.45) is 0 Å². The van der Waals surface area contributed by atoms with Gasteiger partial charge in [-0.05, 0) is 25.0 Å². The summed E-state index contributed by atoms with van der Waals surface area (Å²) >= 11 is 0. The predicted molar refractivity (Wildman–Crippen MR) is 92.8 cm³/mol. The van der Waals surface area contributed by atoms with Crippen molar-refractivity contribution in [2.45, 2.75) is 12.8 Å². The molecular formula is C18H27NO6. The molecule has 0 aromatic heterocycles. The van der Waals surface area contributed by atoms with Crippen molar-refractivity contribution in [1.29, 1.82) is 0 Å². The number of methoxy groups -OCH3 is 1. The number of unbranched alkanes of at least 4 members (excludes halogenated alkanes) is 1. The fraction of sp³-hybridized carbons (Fsp3) is 0.611. The molecule has 1 fully saturated rings. The fourth-order valence-corrected chi connectivity index (χ4v) is 2.54. The second-order valence-corrected chi connectivity index (χ2v) is 5.81. The first-order valence-corrected chi connectivity index (χ1v) is 8.62. The summed E-state index contributed by atoms with van der Waals surface area (Å²) in [7, 11) is 1.65. The van der Waals surface area contributed by atoms with Gasteiger partial charge in [-0.3, -0.25) is 4.90 Å². The summed E-state index contributed by atoms with van der Waals surface area (Å²) in [4.78, 5) is 13.6. The van der Waals surface area contributed by atoms with E-state index in [9.17, 15) is 9.90 Å². The molecule has 0 bridgehead atoms. The van der Waals surface area contributed by atoms with E-state index in [4.69, 9.17) is 18.9 Å². The van der Waals surface area contributed by atoms with Gasteiger partial charge in [-0.25, -0.2) is 4.79 Å². The number of aromatic carboxylic acids is 1. The van der Waals surface area contributed by atoms with Crippen LogP contribution in [0.15, 0.2) is 18.2 Å². The number of hydrogen-bond donors (Lipinski definition) is 1. The van der Waals surface area contributed by atoms with Crippen molar-refractivity contribution in [1.82, 2.24) is 4.90 Å². The average Bonchev–Trinajstić information content (AvgIpc) is 2.62. The Labute approximate surface area is 148 Å². The number of benzene rings is 1. The second-order valence-electron chi connectivity index (χ2n) is 5.81. The van der Waals surface area contributed by atoms with Crippen LogP contribution >= 0.6 is 0 Å². The minimum atomic E-state index is -1.01. The molecule has 1 heterocycles. The first kappa shape index (κ1) is 19.5. The van der Waals surface area contributed by atoms with Gasteiger partial charge < -0.3 is 24.1 Å². The molecule has 2 rings (SSSR count). The highest BCUT2D eigenvalue weighted by Gasteiger charge is 2.14. The van der Waals surface area contributed by atoms with E-state index in [1.165, 1.54) is 6.07 Å². The van der Waals surface area contributed by atoms with E-state index in [0.29, 0.717) is 31.3 Å². The lowest BCUT2D eigenvalue weighted by atomic mass is 10.2. The highest BCUT2D eigenvalue weighted by molar-refractivity contribution is 5.91. The van der Waals surface area contributed by atoms with E-state index in [2.05, 4.69) is 4.90 Å². The minimum Gasteiger partial charge on any atom is -0.493 e. The van der Waals surface area contributed by atoms with Crippen LogP contribution < -0.4 is 9.47 Å². The molecule has 0 atom stereocenters. The monoisotopic (exact) mass is 353 g/mol. The van der Waals surface area contributed by atoms with Gasteiger partial charge in [0, 0.05) is 39.4 Å². The number of morpholine rings is 1. The predicted octanol–water partition coefficient (Wildman–Crippen LogP) is 1.90. The summed E-state index contributed by atoms with van der Waals surface area (Å²) in [6.07, 6.45) is 1.67. The van der Waals surface area contributed by atoms with Crippen LogP contribution in [0.4, 0.5) is 0 Å². The number of carboxylic acids is 1. The summed E-state index contributed by atoms with van der Waals surface area (Å²) < 4.78 is 21.7. The molecule has 0 saturated carbocycles. The second kappa shape index (κ2) is 10.9. The Kier molecular flexibility index (Phi) is 8.51. The van der Waals surface area contributed by atoms with Gasteiger partial charge in [0.25, 0.3) is 0 Å². The third kappa shape index (κ3) is 6.89. The summed E-state index contributed by atoms with van der Waals surface area (Å²) in [5, 5.41) is 9.28. The molecule has 0 spiro atoms. The standard InChI is InChI=1S/C18H27NO6/c1-22-9-2-3-10-25-17-14-15(4-5-16(17)18(20)21)24-13-8-19-6-11-23-12-7-19/h4-5,14H,2-3,6-13H2,1H3,(H,20,21). The third-order valence-electron chi connectivity index (χ3n) is 3.96. The van der Waals surface area contributed by atoms with Crippen molar-refractivity contribution in [2.75, 3.05) is 59.8 Å². The Morgan fingerprint density at radius 1 is 1.16 bits per heavy atom. The number of rotatable bonds is 11. The van der Waals surface area contributed by atoms with Crippen molar-refractivity contribution < 1.29 is 28.8 Å². The maximum atomic E-state index is 11.3. The summed E-state index contributed by atoms with van der Waals surface area (Å²) in [6, 6.07) is 4.84. The van der Waals surface area contributed by atoms with Gasteiger partial charge >= 0.3 is 5.97 Å². The van der Waals surface area contributed by atoms with E-state index in [1.807, 2.05) is 0 Å². The van der Waals surface area contributed by atoms with Crippen LogP contribution in [0.3, 0.4) is 0 Å². The summed E-state index contributed by atoms with van der Waals surface area (Å²) in [6.45, 7) is 5.81. The van der Waals surface area contributed by atoms with E-state index in [-0.39, 0.29) is 5.56 Å². The topological polar surface area (TPSA) is 77.5 Å². The maximum Gasteiger partial charge on any atom is 0.339 e. The molecule has 140 valence electrons. The highest BCUT2D eigenvalue weighted by Crippen LogP contribution is 2.25. The lowest BCUT2D eigenvalue weighted by molar-refractivity contribution is 0.0322. The molecule has 1 saturated heterocycles. The molecule has 1 aromatic carbocycles. The van der Waals surface area contributed by atoms with E-state index in [1.54, 1.807) is 19.2 Å². The van der Waals surface area contributed by atoms with Crippen LogP contribution in [0.5, 0.6) is 11.5 Å². The smallest absolute Gasteiger partial charge is 0.339 e. The van der Waals surface area contributed by atoms with Crippen molar-refractivity contribution in [3.8, 4) is 11.5 Å². The molecule has 0 radical (unpaired) electrons. The van der Waals surface area contributed by atoms with Gasteiger partial charge in [0.1, 0.15) is 23.7 Å². The highest BCUT2D eigenvalue weighted by atomic mass is 16.5. The zero-order valence-corrected chi connectivity index (χ0v) is 14.7. The molecule has 1 aliphatic rings. The van der Waals surface area contributed by atoms with Gasteiger partial charge in [-0.1, -0.05) is 0 Å². The Balaban J connectivity index is 1.85. The maximum absolute atomic E-state index is 11.3.